The molecule has 0 amide bonds. The quantitative estimate of drug-likeness (QED) is 0.784. The minimum atomic E-state index is 0. The second kappa shape index (κ2) is 1.87. The van der Waals surface area contributed by atoms with E-state index >= 15 is 0 Å². The van der Waals surface area contributed by atoms with Gasteiger partial charge in [0.25, 0.3) is 0 Å². The first-order chi connectivity index (χ1) is 7.34. The van der Waals surface area contributed by atoms with Crippen LogP contribution in [0.3, 0.4) is 0 Å². The monoisotopic (exact) mass is 231 g/mol. The van der Waals surface area contributed by atoms with Crippen LogP contribution in [-0.2, 0) is 5.41 Å². The van der Waals surface area contributed by atoms with Gasteiger partial charge in [-0.3, -0.25) is 0 Å². The fourth-order valence-corrected chi connectivity index (χ4v) is 6.92. The van der Waals surface area contributed by atoms with E-state index in [9.17, 15) is 0 Å². The number of hydrogen-bond donors (Lipinski definition) is 1. The summed E-state index contributed by atoms with van der Waals surface area (Å²) in [4.78, 5) is 0. The predicted molar refractivity (Wildman–Crippen MR) is 63.2 cm³/mol. The van der Waals surface area contributed by atoms with Crippen molar-refractivity contribution >= 4 is 12.4 Å². The molecule has 0 bridgehead atoms. The molecule has 0 spiro atoms. The standard InChI is InChI=1S/C14H13N.ClH/c15-14-10-7-11(14)9-12(14)8(10)13(7,9)6-4-2-1-3-5-6;/h1-5,7-12H,15H2;1H. The summed E-state index contributed by atoms with van der Waals surface area (Å²) in [5.74, 6) is 5.84. The van der Waals surface area contributed by atoms with Crippen LogP contribution in [0.1, 0.15) is 5.56 Å². The van der Waals surface area contributed by atoms with E-state index in [-0.39, 0.29) is 12.4 Å². The van der Waals surface area contributed by atoms with Crippen molar-refractivity contribution in [2.45, 2.75) is 11.0 Å². The third-order valence-electron chi connectivity index (χ3n) is 6.98. The maximum Gasteiger partial charge on any atom is 0.0258 e. The van der Waals surface area contributed by atoms with Crippen LogP contribution in [0.2, 0.25) is 0 Å². The molecule has 0 saturated heterocycles. The zero-order valence-corrected chi connectivity index (χ0v) is 9.65. The van der Waals surface area contributed by atoms with Gasteiger partial charge >= 0.3 is 0 Å². The van der Waals surface area contributed by atoms with Crippen molar-refractivity contribution in [2.75, 3.05) is 0 Å². The van der Waals surface area contributed by atoms with Gasteiger partial charge in [0, 0.05) is 11.0 Å². The average molecular weight is 232 g/mol. The van der Waals surface area contributed by atoms with Crippen molar-refractivity contribution in [3.05, 3.63) is 35.9 Å². The Morgan fingerprint density at radius 1 is 0.812 bits per heavy atom. The lowest BCUT2D eigenvalue weighted by Gasteiger charge is -3.11. The number of rotatable bonds is 1. The van der Waals surface area contributed by atoms with Gasteiger partial charge in [-0.15, -0.1) is 12.4 Å². The van der Waals surface area contributed by atoms with Crippen LogP contribution in [0.5, 0.6) is 0 Å². The van der Waals surface area contributed by atoms with E-state index in [0.717, 1.165) is 35.5 Å². The SMILES string of the molecule is Cl.NC12C3C4C1C1C2C3C41c1ccccc1. The van der Waals surface area contributed by atoms with Gasteiger partial charge in [0.2, 0.25) is 0 Å². The molecule has 6 aliphatic rings. The predicted octanol–water partition coefficient (Wildman–Crippen LogP) is 1.81. The molecule has 6 aliphatic carbocycles. The molecule has 0 atom stereocenters. The zero-order chi connectivity index (χ0) is 9.58. The summed E-state index contributed by atoms with van der Waals surface area (Å²) in [6.45, 7) is 0. The van der Waals surface area contributed by atoms with E-state index in [1.165, 1.54) is 0 Å². The second-order valence-electron chi connectivity index (χ2n) is 6.45. The Morgan fingerprint density at radius 3 is 1.81 bits per heavy atom. The van der Waals surface area contributed by atoms with Crippen LogP contribution in [0.15, 0.2) is 30.3 Å². The summed E-state index contributed by atoms with van der Waals surface area (Å²) >= 11 is 0. The van der Waals surface area contributed by atoms with Crippen LogP contribution in [0.4, 0.5) is 0 Å². The van der Waals surface area contributed by atoms with E-state index in [0.29, 0.717) is 11.0 Å². The smallest absolute Gasteiger partial charge is 0.0258 e. The van der Waals surface area contributed by atoms with Gasteiger partial charge in [-0.1, -0.05) is 30.3 Å². The number of halogens is 1. The van der Waals surface area contributed by atoms with Gasteiger partial charge in [-0.2, -0.15) is 0 Å². The molecule has 7 rings (SSSR count). The first-order valence-corrected chi connectivity index (χ1v) is 6.18. The Balaban J connectivity index is 0.000000667. The summed E-state index contributed by atoms with van der Waals surface area (Å²) < 4.78 is 0. The zero-order valence-electron chi connectivity index (χ0n) is 8.84. The summed E-state index contributed by atoms with van der Waals surface area (Å²) in [6.07, 6.45) is 0. The van der Waals surface area contributed by atoms with E-state index in [1.807, 2.05) is 0 Å². The number of hydrogen-bond acceptors (Lipinski definition) is 1. The van der Waals surface area contributed by atoms with Gasteiger partial charge in [0.15, 0.2) is 0 Å². The van der Waals surface area contributed by atoms with Crippen LogP contribution in [0.25, 0.3) is 0 Å². The van der Waals surface area contributed by atoms with E-state index < -0.39 is 0 Å². The molecule has 0 aromatic heterocycles. The maximum atomic E-state index is 6.42. The van der Waals surface area contributed by atoms with Gasteiger partial charge in [0.05, 0.1) is 0 Å². The summed E-state index contributed by atoms with van der Waals surface area (Å²) in [6, 6.07) is 11.2. The molecule has 6 saturated carbocycles. The average Bonchev–Trinajstić information content (AvgIpc) is 2.31. The molecule has 0 radical (unpaired) electrons. The highest BCUT2D eigenvalue weighted by Gasteiger charge is 3.09. The molecular formula is C14H14ClN. The summed E-state index contributed by atoms with van der Waals surface area (Å²) in [5, 5.41) is 0. The third kappa shape index (κ3) is 0.388. The maximum absolute atomic E-state index is 6.42. The largest absolute Gasteiger partial charge is 0.324 e. The van der Waals surface area contributed by atoms with E-state index in [1.54, 1.807) is 5.56 Å². The number of benzene rings is 1. The van der Waals surface area contributed by atoms with Gasteiger partial charge in [-0.05, 0) is 41.1 Å². The lowest BCUT2D eigenvalue weighted by atomic mass is 8.94. The Bertz CT molecular complexity index is 469. The van der Waals surface area contributed by atoms with Crippen molar-refractivity contribution in [2.24, 2.45) is 41.2 Å². The molecule has 6 fully saturated rings. The van der Waals surface area contributed by atoms with Crippen molar-refractivity contribution in [3.63, 3.8) is 0 Å². The van der Waals surface area contributed by atoms with Gasteiger partial charge in [0.1, 0.15) is 0 Å². The van der Waals surface area contributed by atoms with Gasteiger partial charge < -0.3 is 5.73 Å². The van der Waals surface area contributed by atoms with Crippen LogP contribution < -0.4 is 5.73 Å². The molecule has 1 aromatic rings. The van der Waals surface area contributed by atoms with Crippen molar-refractivity contribution in [3.8, 4) is 0 Å². The minimum Gasteiger partial charge on any atom is -0.324 e. The van der Waals surface area contributed by atoms with Crippen molar-refractivity contribution < 1.29 is 0 Å². The molecule has 1 aromatic carbocycles. The normalized spacial score (nSPS) is 68.3. The molecule has 0 aliphatic heterocycles. The molecule has 1 nitrogen and oxygen atoms in total. The minimum absolute atomic E-state index is 0. The molecule has 2 heteroatoms. The Kier molecular flexibility index (Phi) is 0.999. The van der Waals surface area contributed by atoms with Crippen LogP contribution in [0, 0.1) is 35.5 Å². The fraction of sp³-hybridized carbons (Fsp3) is 0.571. The lowest BCUT2D eigenvalue weighted by molar-refractivity contribution is -0.588. The second-order valence-corrected chi connectivity index (χ2v) is 6.45. The first kappa shape index (κ1) is 8.54. The Hall–Kier alpha value is -0.530. The molecule has 16 heavy (non-hydrogen) atoms. The lowest BCUT2D eigenvalue weighted by Crippen LogP contribution is -3.16. The molecule has 0 unspecified atom stereocenters. The highest BCUT2D eigenvalue weighted by atomic mass is 35.5. The Labute approximate surface area is 101 Å². The topological polar surface area (TPSA) is 26.0 Å². The summed E-state index contributed by atoms with van der Waals surface area (Å²) in [5.41, 5.74) is 9.08. The molecular weight excluding hydrogens is 218 g/mol. The van der Waals surface area contributed by atoms with E-state index in [2.05, 4.69) is 30.3 Å². The van der Waals surface area contributed by atoms with Crippen molar-refractivity contribution in [1.82, 2.24) is 0 Å². The molecule has 82 valence electrons. The highest BCUT2D eigenvalue weighted by molar-refractivity contribution is 5.85. The first-order valence-electron chi connectivity index (χ1n) is 6.18. The third-order valence-corrected chi connectivity index (χ3v) is 6.98. The highest BCUT2D eigenvalue weighted by Crippen LogP contribution is 3.05. The fourth-order valence-electron chi connectivity index (χ4n) is 6.92. The van der Waals surface area contributed by atoms with Crippen molar-refractivity contribution in [1.29, 1.82) is 0 Å². The van der Waals surface area contributed by atoms with E-state index in [4.69, 9.17) is 5.73 Å². The van der Waals surface area contributed by atoms with Crippen LogP contribution >= 0.6 is 12.4 Å². The Morgan fingerprint density at radius 2 is 1.31 bits per heavy atom. The summed E-state index contributed by atoms with van der Waals surface area (Å²) in [7, 11) is 0. The molecule has 2 N–H and O–H groups in total. The molecule has 0 heterocycles. The number of nitrogens with two attached hydrogens (primary N) is 1. The van der Waals surface area contributed by atoms with Crippen LogP contribution in [-0.4, -0.2) is 5.54 Å². The van der Waals surface area contributed by atoms with Gasteiger partial charge in [-0.25, -0.2) is 0 Å².